The number of nitriles is 1. The van der Waals surface area contributed by atoms with E-state index in [1.165, 1.54) is 0 Å². The van der Waals surface area contributed by atoms with E-state index in [4.69, 9.17) is 5.26 Å². The standard InChI is InChI=1S/C15H14BrN3/c1-11-14(16)6-7-15(18-11)19(2)10-13-5-3-4-12(8-13)9-17/h3-8H,10H2,1-2H3. The second-order valence-corrected chi connectivity index (χ2v) is 5.26. The van der Waals surface area contributed by atoms with Crippen molar-refractivity contribution in [1.82, 2.24) is 4.98 Å². The summed E-state index contributed by atoms with van der Waals surface area (Å²) in [5.74, 6) is 0.920. The second-order valence-electron chi connectivity index (χ2n) is 4.40. The quantitative estimate of drug-likeness (QED) is 0.867. The molecule has 96 valence electrons. The number of hydrogen-bond acceptors (Lipinski definition) is 3. The van der Waals surface area contributed by atoms with Crippen LogP contribution in [0.15, 0.2) is 40.9 Å². The zero-order valence-electron chi connectivity index (χ0n) is 10.9. The molecule has 0 unspecified atom stereocenters. The Hall–Kier alpha value is -1.86. The smallest absolute Gasteiger partial charge is 0.128 e. The van der Waals surface area contributed by atoms with Gasteiger partial charge in [-0.1, -0.05) is 12.1 Å². The highest BCUT2D eigenvalue weighted by atomic mass is 79.9. The number of aromatic nitrogens is 1. The van der Waals surface area contributed by atoms with E-state index < -0.39 is 0 Å². The minimum atomic E-state index is 0.686. The van der Waals surface area contributed by atoms with Gasteiger partial charge in [-0.25, -0.2) is 4.98 Å². The largest absolute Gasteiger partial charge is 0.355 e. The molecule has 1 heterocycles. The van der Waals surface area contributed by atoms with Gasteiger partial charge in [-0.15, -0.1) is 0 Å². The van der Waals surface area contributed by atoms with Gasteiger partial charge in [0.1, 0.15) is 5.82 Å². The Morgan fingerprint density at radius 3 is 2.79 bits per heavy atom. The summed E-state index contributed by atoms with van der Waals surface area (Å²) in [6.07, 6.45) is 0. The second kappa shape index (κ2) is 5.85. The number of aryl methyl sites for hydroxylation is 1. The zero-order chi connectivity index (χ0) is 13.8. The van der Waals surface area contributed by atoms with Gasteiger partial charge in [-0.05, 0) is 52.7 Å². The van der Waals surface area contributed by atoms with Gasteiger partial charge in [0, 0.05) is 18.1 Å². The molecule has 0 bridgehead atoms. The number of nitrogens with zero attached hydrogens (tertiary/aromatic N) is 3. The summed E-state index contributed by atoms with van der Waals surface area (Å²) in [5, 5.41) is 8.90. The topological polar surface area (TPSA) is 39.9 Å². The lowest BCUT2D eigenvalue weighted by molar-refractivity contribution is 0.890. The van der Waals surface area contributed by atoms with Crippen molar-refractivity contribution in [3.63, 3.8) is 0 Å². The molecule has 0 radical (unpaired) electrons. The third kappa shape index (κ3) is 3.33. The Morgan fingerprint density at radius 2 is 2.11 bits per heavy atom. The Kier molecular flexibility index (Phi) is 4.18. The summed E-state index contributed by atoms with van der Waals surface area (Å²) >= 11 is 3.45. The molecule has 0 atom stereocenters. The predicted molar refractivity (Wildman–Crippen MR) is 79.9 cm³/mol. The van der Waals surface area contributed by atoms with Crippen LogP contribution in [-0.2, 0) is 6.54 Å². The van der Waals surface area contributed by atoms with Gasteiger partial charge < -0.3 is 4.90 Å². The van der Waals surface area contributed by atoms with E-state index in [0.29, 0.717) is 5.56 Å². The van der Waals surface area contributed by atoms with Gasteiger partial charge in [0.15, 0.2) is 0 Å². The van der Waals surface area contributed by atoms with Crippen LogP contribution in [0.25, 0.3) is 0 Å². The van der Waals surface area contributed by atoms with Crippen LogP contribution in [0.2, 0.25) is 0 Å². The number of halogens is 1. The summed E-state index contributed by atoms with van der Waals surface area (Å²) in [6.45, 7) is 2.70. The third-order valence-electron chi connectivity index (χ3n) is 2.87. The molecular weight excluding hydrogens is 302 g/mol. The Labute approximate surface area is 121 Å². The van der Waals surface area contributed by atoms with Crippen LogP contribution >= 0.6 is 15.9 Å². The molecule has 1 aromatic heterocycles. The van der Waals surface area contributed by atoms with Gasteiger partial charge in [0.05, 0.1) is 17.3 Å². The van der Waals surface area contributed by atoms with Crippen molar-refractivity contribution in [3.05, 3.63) is 57.7 Å². The molecule has 2 aromatic rings. The number of hydrogen-bond donors (Lipinski definition) is 0. The summed E-state index contributed by atoms with van der Waals surface area (Å²) < 4.78 is 1.01. The lowest BCUT2D eigenvalue weighted by atomic mass is 10.1. The lowest BCUT2D eigenvalue weighted by Crippen LogP contribution is -2.18. The molecule has 0 saturated heterocycles. The van der Waals surface area contributed by atoms with Crippen LogP contribution in [0.5, 0.6) is 0 Å². The summed E-state index contributed by atoms with van der Waals surface area (Å²) in [4.78, 5) is 6.59. The maximum atomic E-state index is 8.90. The van der Waals surface area contributed by atoms with Crippen molar-refractivity contribution in [3.8, 4) is 6.07 Å². The van der Waals surface area contributed by atoms with E-state index in [0.717, 1.165) is 28.1 Å². The van der Waals surface area contributed by atoms with Gasteiger partial charge in [0.2, 0.25) is 0 Å². The van der Waals surface area contributed by atoms with E-state index in [2.05, 4.69) is 31.9 Å². The first-order valence-corrected chi connectivity index (χ1v) is 6.73. The number of benzene rings is 1. The fraction of sp³-hybridized carbons (Fsp3) is 0.200. The number of pyridine rings is 1. The molecule has 0 aliphatic rings. The average molecular weight is 316 g/mol. The van der Waals surface area contributed by atoms with Crippen LogP contribution in [0.1, 0.15) is 16.8 Å². The molecule has 3 nitrogen and oxygen atoms in total. The summed E-state index contributed by atoms with van der Waals surface area (Å²) in [7, 11) is 1.99. The molecule has 0 spiro atoms. The third-order valence-corrected chi connectivity index (χ3v) is 3.71. The summed E-state index contributed by atoms with van der Waals surface area (Å²) in [5.41, 5.74) is 2.75. The molecule has 19 heavy (non-hydrogen) atoms. The van der Waals surface area contributed by atoms with Gasteiger partial charge in [-0.2, -0.15) is 5.26 Å². The minimum absolute atomic E-state index is 0.686. The monoisotopic (exact) mass is 315 g/mol. The predicted octanol–water partition coefficient (Wildman–Crippen LogP) is 3.66. The number of rotatable bonds is 3. The molecule has 0 saturated carbocycles. The van der Waals surface area contributed by atoms with Crippen molar-refractivity contribution in [2.45, 2.75) is 13.5 Å². The van der Waals surface area contributed by atoms with E-state index in [1.807, 2.05) is 50.4 Å². The van der Waals surface area contributed by atoms with Gasteiger partial charge in [0.25, 0.3) is 0 Å². The number of anilines is 1. The maximum absolute atomic E-state index is 8.90. The molecule has 0 fully saturated rings. The maximum Gasteiger partial charge on any atom is 0.128 e. The fourth-order valence-electron chi connectivity index (χ4n) is 1.84. The molecule has 0 aliphatic heterocycles. The molecule has 1 aromatic carbocycles. The van der Waals surface area contributed by atoms with E-state index >= 15 is 0 Å². The van der Waals surface area contributed by atoms with Crippen molar-refractivity contribution in [2.24, 2.45) is 0 Å². The first kappa shape index (κ1) is 13.6. The van der Waals surface area contributed by atoms with Crippen LogP contribution in [0.4, 0.5) is 5.82 Å². The first-order chi connectivity index (χ1) is 9.10. The lowest BCUT2D eigenvalue weighted by Gasteiger charge is -2.19. The highest BCUT2D eigenvalue weighted by molar-refractivity contribution is 9.10. The molecular formula is C15H14BrN3. The normalized spacial score (nSPS) is 10.0. The minimum Gasteiger partial charge on any atom is -0.355 e. The van der Waals surface area contributed by atoms with Crippen LogP contribution in [-0.4, -0.2) is 12.0 Å². The van der Waals surface area contributed by atoms with Gasteiger partial charge >= 0.3 is 0 Å². The van der Waals surface area contributed by atoms with E-state index in [9.17, 15) is 0 Å². The molecule has 0 aliphatic carbocycles. The van der Waals surface area contributed by atoms with E-state index in [-0.39, 0.29) is 0 Å². The van der Waals surface area contributed by atoms with E-state index in [1.54, 1.807) is 0 Å². The van der Waals surface area contributed by atoms with Crippen molar-refractivity contribution >= 4 is 21.7 Å². The SMILES string of the molecule is Cc1nc(N(C)Cc2cccc(C#N)c2)ccc1Br. The van der Waals surface area contributed by atoms with Crippen molar-refractivity contribution < 1.29 is 0 Å². The van der Waals surface area contributed by atoms with Crippen LogP contribution < -0.4 is 4.90 Å². The average Bonchev–Trinajstić information content (AvgIpc) is 2.42. The fourth-order valence-corrected chi connectivity index (χ4v) is 2.06. The van der Waals surface area contributed by atoms with Crippen molar-refractivity contribution in [2.75, 3.05) is 11.9 Å². The Bertz CT molecular complexity index is 632. The molecule has 0 N–H and O–H groups in total. The first-order valence-electron chi connectivity index (χ1n) is 5.93. The molecule has 2 rings (SSSR count). The molecule has 0 amide bonds. The summed E-state index contributed by atoms with van der Waals surface area (Å²) in [6, 6.07) is 13.8. The Balaban J connectivity index is 2.18. The highest BCUT2D eigenvalue weighted by Gasteiger charge is 2.06. The molecule has 4 heteroatoms. The Morgan fingerprint density at radius 1 is 1.32 bits per heavy atom. The van der Waals surface area contributed by atoms with Crippen LogP contribution in [0, 0.1) is 18.3 Å². The zero-order valence-corrected chi connectivity index (χ0v) is 12.5. The van der Waals surface area contributed by atoms with Crippen molar-refractivity contribution in [1.29, 1.82) is 5.26 Å². The van der Waals surface area contributed by atoms with Gasteiger partial charge in [-0.3, -0.25) is 0 Å². The highest BCUT2D eigenvalue weighted by Crippen LogP contribution is 2.19. The van der Waals surface area contributed by atoms with Crippen LogP contribution in [0.3, 0.4) is 0 Å².